The largest absolute Gasteiger partial charge is 0.322 e. The number of rotatable bonds is 4. The fraction of sp³-hybridized carbons (Fsp3) is 0.0909. The summed E-state index contributed by atoms with van der Waals surface area (Å²) in [4.78, 5) is 13.2. The van der Waals surface area contributed by atoms with Crippen LogP contribution in [0.2, 0.25) is 5.02 Å². The van der Waals surface area contributed by atoms with Crippen LogP contribution < -0.4 is 5.32 Å². The van der Waals surface area contributed by atoms with Crippen molar-refractivity contribution in [2.45, 2.75) is 13.8 Å². The third kappa shape index (κ3) is 3.32. The number of hydrogen-bond donors (Lipinski definition) is 1. The van der Waals surface area contributed by atoms with E-state index < -0.39 is 0 Å². The first-order valence-electron chi connectivity index (χ1n) is 8.90. The molecule has 2 aromatic heterocycles. The van der Waals surface area contributed by atoms with Crippen LogP contribution in [0.4, 0.5) is 5.69 Å². The monoisotopic (exact) mass is 390 g/mol. The molecule has 0 fully saturated rings. The summed E-state index contributed by atoms with van der Waals surface area (Å²) in [5, 5.41) is 8.20. The molecule has 4 rings (SSSR count). The normalized spacial score (nSPS) is 10.8. The molecule has 0 bridgehead atoms. The maximum Gasteiger partial charge on any atom is 0.261 e. The number of amides is 1. The number of carbonyl (C=O) groups excluding carboxylic acids is 1. The summed E-state index contributed by atoms with van der Waals surface area (Å²) in [5.74, 6) is 0.452. The number of halogens is 1. The Balaban J connectivity index is 1.81. The lowest BCUT2D eigenvalue weighted by molar-refractivity contribution is 0.102. The van der Waals surface area contributed by atoms with Gasteiger partial charge in [0.15, 0.2) is 5.82 Å². The van der Waals surface area contributed by atoms with Crippen molar-refractivity contribution < 1.29 is 4.79 Å². The number of para-hydroxylation sites is 1. The van der Waals surface area contributed by atoms with Crippen molar-refractivity contribution in [1.29, 1.82) is 0 Å². The van der Waals surface area contributed by atoms with Gasteiger partial charge in [-0.15, -0.1) is 0 Å². The molecule has 1 amide bonds. The fourth-order valence-electron chi connectivity index (χ4n) is 3.11. The first kappa shape index (κ1) is 18.1. The van der Waals surface area contributed by atoms with Gasteiger partial charge in [-0.1, -0.05) is 35.9 Å². The number of hydrogen-bond acceptors (Lipinski definition) is 2. The van der Waals surface area contributed by atoms with Crippen LogP contribution in [0.15, 0.2) is 73.1 Å². The number of aryl methyl sites for hydroxylation is 2. The van der Waals surface area contributed by atoms with E-state index in [2.05, 4.69) is 10.4 Å². The Bertz CT molecular complexity index is 1130. The predicted octanol–water partition coefficient (Wildman–Crippen LogP) is 5.19. The van der Waals surface area contributed by atoms with E-state index in [-0.39, 0.29) is 5.91 Å². The summed E-state index contributed by atoms with van der Waals surface area (Å²) in [6, 6.07) is 19.1. The van der Waals surface area contributed by atoms with Gasteiger partial charge in [0.05, 0.1) is 11.4 Å². The first-order chi connectivity index (χ1) is 13.5. The third-order valence-electron chi connectivity index (χ3n) is 4.54. The highest BCUT2D eigenvalue weighted by atomic mass is 35.5. The van der Waals surface area contributed by atoms with Gasteiger partial charge in [0, 0.05) is 23.1 Å². The number of carbonyl (C=O) groups is 1. The van der Waals surface area contributed by atoms with E-state index >= 15 is 0 Å². The molecule has 0 aliphatic heterocycles. The highest BCUT2D eigenvalue weighted by Crippen LogP contribution is 2.25. The van der Waals surface area contributed by atoms with Crippen molar-refractivity contribution in [1.82, 2.24) is 14.3 Å². The second-order valence-electron chi connectivity index (χ2n) is 6.54. The Hall–Kier alpha value is -3.31. The Morgan fingerprint density at radius 1 is 1.00 bits per heavy atom. The lowest BCUT2D eigenvalue weighted by Crippen LogP contribution is -2.16. The van der Waals surface area contributed by atoms with Crippen LogP contribution in [-0.2, 0) is 0 Å². The predicted molar refractivity (Wildman–Crippen MR) is 112 cm³/mol. The summed E-state index contributed by atoms with van der Waals surface area (Å²) >= 11 is 6.20. The summed E-state index contributed by atoms with van der Waals surface area (Å²) in [6.45, 7) is 3.76. The van der Waals surface area contributed by atoms with Crippen LogP contribution in [0.5, 0.6) is 0 Å². The number of anilines is 1. The zero-order chi connectivity index (χ0) is 19.7. The number of nitrogens with zero attached hydrogens (tertiary/aromatic N) is 3. The molecule has 140 valence electrons. The van der Waals surface area contributed by atoms with E-state index in [9.17, 15) is 4.79 Å². The summed E-state index contributed by atoms with van der Waals surface area (Å²) in [5.41, 5.74) is 3.64. The number of nitrogens with one attached hydrogen (secondary N) is 1. The van der Waals surface area contributed by atoms with Gasteiger partial charge in [-0.05, 0) is 55.8 Å². The minimum atomic E-state index is -0.233. The first-order valence-corrected chi connectivity index (χ1v) is 9.28. The summed E-state index contributed by atoms with van der Waals surface area (Å²) < 4.78 is 3.68. The minimum Gasteiger partial charge on any atom is -0.322 e. The molecular formula is C22H19ClN4O. The Labute approximate surface area is 168 Å². The molecule has 5 nitrogen and oxygen atoms in total. The van der Waals surface area contributed by atoms with Crippen LogP contribution >= 0.6 is 11.6 Å². The molecule has 6 heteroatoms. The molecule has 1 N–H and O–H groups in total. The van der Waals surface area contributed by atoms with Crippen LogP contribution in [0, 0.1) is 13.8 Å². The molecule has 0 atom stereocenters. The van der Waals surface area contributed by atoms with Gasteiger partial charge in [0.25, 0.3) is 5.91 Å². The molecule has 0 unspecified atom stereocenters. The van der Waals surface area contributed by atoms with Crippen molar-refractivity contribution in [3.63, 3.8) is 0 Å². The maximum absolute atomic E-state index is 13.2. The average molecular weight is 391 g/mol. The van der Waals surface area contributed by atoms with Gasteiger partial charge >= 0.3 is 0 Å². The third-order valence-corrected chi connectivity index (χ3v) is 4.95. The highest BCUT2D eigenvalue weighted by Gasteiger charge is 2.23. The summed E-state index contributed by atoms with van der Waals surface area (Å²) in [7, 11) is 0. The zero-order valence-electron chi connectivity index (χ0n) is 15.6. The van der Waals surface area contributed by atoms with Gasteiger partial charge in [-0.2, -0.15) is 5.10 Å². The molecule has 2 heterocycles. The lowest BCUT2D eigenvalue weighted by Gasteiger charge is -2.12. The molecular weight excluding hydrogens is 372 g/mol. The molecule has 2 aromatic carbocycles. The molecule has 0 aliphatic carbocycles. The van der Waals surface area contributed by atoms with E-state index in [4.69, 9.17) is 11.6 Å². The zero-order valence-corrected chi connectivity index (χ0v) is 16.3. The van der Waals surface area contributed by atoms with Gasteiger partial charge in [0.1, 0.15) is 5.56 Å². The van der Waals surface area contributed by atoms with E-state index in [1.807, 2.05) is 85.4 Å². The minimum absolute atomic E-state index is 0.233. The molecule has 28 heavy (non-hydrogen) atoms. The topological polar surface area (TPSA) is 51.9 Å². The Morgan fingerprint density at radius 3 is 2.39 bits per heavy atom. The van der Waals surface area contributed by atoms with Crippen LogP contribution in [0.1, 0.15) is 21.6 Å². The standard InChI is InChI=1S/C22H19ClN4O/c1-15-10-11-17(14-19(15)23)24-21(28)20-16(2)25-27(18-8-4-3-5-9-18)22(20)26-12-6-7-13-26/h3-14H,1-2H3,(H,24,28). The second kappa shape index (κ2) is 7.37. The second-order valence-corrected chi connectivity index (χ2v) is 6.95. The maximum atomic E-state index is 13.2. The molecule has 0 saturated heterocycles. The van der Waals surface area contributed by atoms with Crippen LogP contribution in [-0.4, -0.2) is 20.3 Å². The lowest BCUT2D eigenvalue weighted by atomic mass is 10.2. The SMILES string of the molecule is Cc1ccc(NC(=O)c2c(C)nn(-c3ccccc3)c2-n2cccc2)cc1Cl. The van der Waals surface area contributed by atoms with E-state index in [0.29, 0.717) is 27.8 Å². The van der Waals surface area contributed by atoms with E-state index in [0.717, 1.165) is 11.3 Å². The van der Waals surface area contributed by atoms with Crippen molar-refractivity contribution in [2.24, 2.45) is 0 Å². The molecule has 4 aromatic rings. The summed E-state index contributed by atoms with van der Waals surface area (Å²) in [6.07, 6.45) is 3.80. The van der Waals surface area contributed by atoms with E-state index in [1.165, 1.54) is 0 Å². The fourth-order valence-corrected chi connectivity index (χ4v) is 3.29. The number of aromatic nitrogens is 3. The van der Waals surface area contributed by atoms with E-state index in [1.54, 1.807) is 10.7 Å². The molecule has 0 aliphatic rings. The molecule has 0 saturated carbocycles. The van der Waals surface area contributed by atoms with Crippen molar-refractivity contribution in [3.05, 3.63) is 94.9 Å². The van der Waals surface area contributed by atoms with Gasteiger partial charge in [0.2, 0.25) is 0 Å². The van der Waals surface area contributed by atoms with Crippen LogP contribution in [0.25, 0.3) is 11.5 Å². The smallest absolute Gasteiger partial charge is 0.261 e. The quantitative estimate of drug-likeness (QED) is 0.521. The highest BCUT2D eigenvalue weighted by molar-refractivity contribution is 6.31. The number of benzene rings is 2. The molecule has 0 spiro atoms. The van der Waals surface area contributed by atoms with Crippen molar-refractivity contribution in [3.8, 4) is 11.5 Å². The van der Waals surface area contributed by atoms with Gasteiger partial charge in [-0.25, -0.2) is 4.68 Å². The van der Waals surface area contributed by atoms with Crippen molar-refractivity contribution >= 4 is 23.2 Å². The van der Waals surface area contributed by atoms with Gasteiger partial charge in [-0.3, -0.25) is 4.79 Å². The van der Waals surface area contributed by atoms with Crippen LogP contribution in [0.3, 0.4) is 0 Å². The molecule has 0 radical (unpaired) electrons. The van der Waals surface area contributed by atoms with Gasteiger partial charge < -0.3 is 9.88 Å². The van der Waals surface area contributed by atoms with Crippen molar-refractivity contribution in [2.75, 3.05) is 5.32 Å². The Kier molecular flexibility index (Phi) is 4.75. The average Bonchev–Trinajstić information content (AvgIpc) is 3.33. The Morgan fingerprint density at radius 2 is 1.71 bits per heavy atom.